The smallest absolute Gasteiger partial charge is 0.335 e. The van der Waals surface area contributed by atoms with E-state index in [4.69, 9.17) is 12.2 Å². The lowest BCUT2D eigenvalue weighted by atomic mass is 9.51. The number of ketones is 1. The molecule has 2 saturated carbocycles. The van der Waals surface area contributed by atoms with Crippen LogP contribution < -0.4 is 0 Å². The average Bonchev–Trinajstić information content (AvgIpc) is 3.22. The fraction of sp³-hybridized carbons (Fsp3) is 0.382. The van der Waals surface area contributed by atoms with Gasteiger partial charge in [0.15, 0.2) is 5.78 Å². The molecule has 5 unspecified atom stereocenters. The Morgan fingerprint density at radius 1 is 1.03 bits per heavy atom. The molecular weight excluding hydrogens is 504 g/mol. The number of aromatic carboxylic acids is 1. The molecule has 4 aliphatic carbocycles. The Balaban J connectivity index is 1.37. The number of carboxylic acids is 1. The van der Waals surface area contributed by atoms with E-state index in [1.165, 1.54) is 22.3 Å². The van der Waals surface area contributed by atoms with Gasteiger partial charge < -0.3 is 10.2 Å². The molecule has 4 aliphatic rings. The van der Waals surface area contributed by atoms with Crippen molar-refractivity contribution in [3.63, 3.8) is 0 Å². The van der Waals surface area contributed by atoms with E-state index >= 15 is 0 Å². The van der Waals surface area contributed by atoms with Crippen LogP contribution in [0, 0.1) is 17.3 Å². The summed E-state index contributed by atoms with van der Waals surface area (Å²) in [7, 11) is 0. The second-order valence-corrected chi connectivity index (χ2v) is 12.2. The molecule has 5 atom stereocenters. The Labute approximate surface area is 235 Å². The maximum Gasteiger partial charge on any atom is 0.335 e. The van der Waals surface area contributed by atoms with Crippen LogP contribution in [0.15, 0.2) is 71.3 Å². The van der Waals surface area contributed by atoms with Crippen molar-refractivity contribution < 1.29 is 19.8 Å². The molecule has 2 aromatic carbocycles. The Hall–Kier alpha value is -3.15. The molecule has 200 valence electrons. The van der Waals surface area contributed by atoms with Crippen molar-refractivity contribution in [1.29, 1.82) is 0 Å². The van der Waals surface area contributed by atoms with E-state index in [9.17, 15) is 19.8 Å². The standard InChI is InChI=1S/C34H34O4S/c1-33-19-29(23-9-7-21(8-10-23)5-6-22-3-2-4-25(17-22)32(36)37)31-27-14-12-26(35)18-24(27)11-13-28(31)30(33)15-16-34(33,38)20-39/h2-10,17-18,20,28-30,38H,11-16,19H2,1H3,(H,36,37). The molecule has 0 spiro atoms. The van der Waals surface area contributed by atoms with Gasteiger partial charge in [-0.05, 0) is 96.4 Å². The van der Waals surface area contributed by atoms with Crippen LogP contribution in [0.5, 0.6) is 0 Å². The second kappa shape index (κ2) is 9.79. The number of fused-ring (bicyclic) bond motifs is 4. The van der Waals surface area contributed by atoms with Gasteiger partial charge in [-0.15, -0.1) is 0 Å². The largest absolute Gasteiger partial charge is 0.478 e. The highest BCUT2D eigenvalue weighted by Crippen LogP contribution is 2.66. The number of hydrogen-bond acceptors (Lipinski definition) is 4. The number of hydrogen-bond donors (Lipinski definition) is 2. The first-order valence-electron chi connectivity index (χ1n) is 14.0. The number of carbonyl (C=O) groups excluding carboxylic acids is 1. The number of thiocarbonyl (C=S) groups is 1. The van der Waals surface area contributed by atoms with Crippen molar-refractivity contribution in [1.82, 2.24) is 0 Å². The Morgan fingerprint density at radius 2 is 1.79 bits per heavy atom. The molecule has 2 N–H and O–H groups in total. The van der Waals surface area contributed by atoms with Crippen molar-refractivity contribution in [2.45, 2.75) is 63.4 Å². The Bertz CT molecular complexity index is 1450. The van der Waals surface area contributed by atoms with Crippen molar-refractivity contribution in [2.75, 3.05) is 0 Å². The highest BCUT2D eigenvalue weighted by molar-refractivity contribution is 7.79. The van der Waals surface area contributed by atoms with E-state index in [0.717, 1.165) is 49.7 Å². The molecule has 0 saturated heterocycles. The molecule has 2 aromatic rings. The molecular formula is C34H34O4S. The number of aliphatic hydroxyl groups is 1. The van der Waals surface area contributed by atoms with E-state index in [1.54, 1.807) is 23.6 Å². The van der Waals surface area contributed by atoms with Gasteiger partial charge in [0, 0.05) is 23.1 Å². The third-order valence-corrected chi connectivity index (χ3v) is 10.5. The van der Waals surface area contributed by atoms with E-state index in [1.807, 2.05) is 24.3 Å². The zero-order valence-corrected chi connectivity index (χ0v) is 23.0. The molecule has 5 heteroatoms. The summed E-state index contributed by atoms with van der Waals surface area (Å²) in [6.07, 6.45) is 11.8. The number of carbonyl (C=O) groups is 2. The second-order valence-electron chi connectivity index (χ2n) is 12.0. The summed E-state index contributed by atoms with van der Waals surface area (Å²) in [6.45, 7) is 2.25. The molecule has 0 bridgehead atoms. The number of allylic oxidation sites excluding steroid dienone is 4. The monoisotopic (exact) mass is 538 g/mol. The molecule has 0 heterocycles. The summed E-state index contributed by atoms with van der Waals surface area (Å²) in [5.74, 6) is 0.277. The van der Waals surface area contributed by atoms with Crippen LogP contribution in [-0.2, 0) is 4.79 Å². The zero-order valence-electron chi connectivity index (χ0n) is 22.2. The number of carboxylic acid groups (broad SMARTS) is 1. The molecule has 4 nitrogen and oxygen atoms in total. The molecule has 39 heavy (non-hydrogen) atoms. The van der Waals surface area contributed by atoms with E-state index in [2.05, 4.69) is 31.2 Å². The normalized spacial score (nSPS) is 31.9. The maximum absolute atomic E-state index is 12.3. The average molecular weight is 539 g/mol. The minimum absolute atomic E-state index is 0.174. The molecule has 0 aromatic heterocycles. The predicted molar refractivity (Wildman–Crippen MR) is 158 cm³/mol. The van der Waals surface area contributed by atoms with Crippen molar-refractivity contribution in [3.8, 4) is 0 Å². The lowest BCUT2D eigenvalue weighted by molar-refractivity contribution is -0.114. The van der Waals surface area contributed by atoms with Gasteiger partial charge in [0.05, 0.1) is 11.2 Å². The van der Waals surface area contributed by atoms with Gasteiger partial charge in [0.2, 0.25) is 0 Å². The maximum atomic E-state index is 12.3. The van der Waals surface area contributed by atoms with Gasteiger partial charge in [0.25, 0.3) is 0 Å². The third-order valence-electron chi connectivity index (χ3n) is 10.1. The van der Waals surface area contributed by atoms with E-state index in [-0.39, 0.29) is 22.7 Å². The summed E-state index contributed by atoms with van der Waals surface area (Å²) < 4.78 is 0. The van der Waals surface area contributed by atoms with Gasteiger partial charge in [-0.1, -0.05) is 73.3 Å². The van der Waals surface area contributed by atoms with Crippen molar-refractivity contribution in [2.24, 2.45) is 17.3 Å². The first-order valence-corrected chi connectivity index (χ1v) is 14.5. The summed E-state index contributed by atoms with van der Waals surface area (Å²) in [4.78, 5) is 23.6. The summed E-state index contributed by atoms with van der Waals surface area (Å²) in [5.41, 5.74) is 6.31. The number of rotatable bonds is 5. The lowest BCUT2D eigenvalue weighted by Gasteiger charge is -2.54. The minimum atomic E-state index is -0.937. The molecule has 0 radical (unpaired) electrons. The first-order chi connectivity index (χ1) is 18.7. The summed E-state index contributed by atoms with van der Waals surface area (Å²) in [5, 5.41) is 22.6. The molecule has 2 fully saturated rings. The van der Waals surface area contributed by atoms with Gasteiger partial charge in [-0.25, -0.2) is 4.79 Å². The van der Waals surface area contributed by atoms with Crippen molar-refractivity contribution in [3.05, 3.63) is 93.6 Å². The van der Waals surface area contributed by atoms with Crippen LogP contribution in [0.3, 0.4) is 0 Å². The highest BCUT2D eigenvalue weighted by Gasteiger charge is 2.62. The fourth-order valence-corrected chi connectivity index (χ4v) is 8.39. The van der Waals surface area contributed by atoms with Crippen molar-refractivity contribution >= 4 is 41.5 Å². The molecule has 6 rings (SSSR count). The van der Waals surface area contributed by atoms with Crippen LogP contribution in [0.25, 0.3) is 12.2 Å². The zero-order chi connectivity index (χ0) is 27.4. The van der Waals surface area contributed by atoms with Crippen LogP contribution in [-0.4, -0.2) is 32.9 Å². The summed E-state index contributed by atoms with van der Waals surface area (Å²) in [6, 6.07) is 15.5. The minimum Gasteiger partial charge on any atom is -0.478 e. The molecule has 0 aliphatic heterocycles. The van der Waals surface area contributed by atoms with Crippen LogP contribution in [0.1, 0.15) is 84.8 Å². The van der Waals surface area contributed by atoms with Crippen LogP contribution in [0.2, 0.25) is 0 Å². The van der Waals surface area contributed by atoms with Crippen LogP contribution >= 0.6 is 12.2 Å². The number of benzene rings is 2. The fourth-order valence-electron chi connectivity index (χ4n) is 8.00. The predicted octanol–water partition coefficient (Wildman–Crippen LogP) is 7.19. The Kier molecular flexibility index (Phi) is 6.55. The van der Waals surface area contributed by atoms with Gasteiger partial charge in [-0.2, -0.15) is 0 Å². The van der Waals surface area contributed by atoms with E-state index < -0.39 is 11.6 Å². The summed E-state index contributed by atoms with van der Waals surface area (Å²) >= 11 is 5.41. The quantitative estimate of drug-likeness (QED) is 0.311. The first kappa shape index (κ1) is 26.1. The van der Waals surface area contributed by atoms with Gasteiger partial charge >= 0.3 is 5.97 Å². The Morgan fingerprint density at radius 3 is 2.54 bits per heavy atom. The topological polar surface area (TPSA) is 74.6 Å². The van der Waals surface area contributed by atoms with E-state index in [0.29, 0.717) is 18.3 Å². The third kappa shape index (κ3) is 4.36. The SMILES string of the molecule is CC12CC(c3ccc(C=Cc4cccc(C(=O)O)c4)cc3)C3=C4CCC(=O)C=C4CCC3C1CCC2(O)C=S. The van der Waals surface area contributed by atoms with Gasteiger partial charge in [0.1, 0.15) is 0 Å². The highest BCUT2D eigenvalue weighted by atomic mass is 32.1. The molecule has 0 amide bonds. The van der Waals surface area contributed by atoms with Gasteiger partial charge in [-0.3, -0.25) is 4.79 Å². The lowest BCUT2D eigenvalue weighted by Crippen LogP contribution is -2.52. The van der Waals surface area contributed by atoms with Crippen LogP contribution in [0.4, 0.5) is 0 Å².